The Morgan fingerprint density at radius 3 is 2.31 bits per heavy atom. The number of aldehydes is 1. The van der Waals surface area contributed by atoms with E-state index < -0.39 is 35.2 Å². The Morgan fingerprint density at radius 1 is 1.38 bits per heavy atom. The Hall–Kier alpha value is -1.73. The number of pyridine rings is 1. The lowest BCUT2D eigenvalue weighted by Crippen LogP contribution is -2.15. The third kappa shape index (κ3) is 2.26. The van der Waals surface area contributed by atoms with E-state index >= 15 is 0 Å². The molecule has 0 fully saturated rings. The van der Waals surface area contributed by atoms with E-state index in [9.17, 15) is 26.7 Å². The fourth-order valence-electron chi connectivity index (χ4n) is 1.05. The summed E-state index contributed by atoms with van der Waals surface area (Å²) in [6.45, 7) is 0. The zero-order valence-corrected chi connectivity index (χ0v) is 7.55. The molecule has 2 N–H and O–H groups in total. The Morgan fingerprint density at radius 2 is 1.94 bits per heavy atom. The third-order valence-corrected chi connectivity index (χ3v) is 1.73. The van der Waals surface area contributed by atoms with Gasteiger partial charge in [0.25, 0.3) is 6.43 Å². The number of halogens is 5. The predicted molar refractivity (Wildman–Crippen MR) is 44.0 cm³/mol. The molecule has 8 heteroatoms. The molecule has 0 radical (unpaired) electrons. The fraction of sp³-hybridized carbons (Fsp3) is 0.250. The van der Waals surface area contributed by atoms with Gasteiger partial charge < -0.3 is 5.73 Å². The molecule has 88 valence electrons. The van der Waals surface area contributed by atoms with Crippen LogP contribution in [0.4, 0.5) is 27.6 Å². The highest BCUT2D eigenvalue weighted by molar-refractivity contribution is 5.74. The second kappa shape index (κ2) is 4.03. The maximum absolute atomic E-state index is 12.3. The van der Waals surface area contributed by atoms with Gasteiger partial charge in [-0.15, -0.1) is 0 Å². The van der Waals surface area contributed by atoms with Crippen molar-refractivity contribution in [3.63, 3.8) is 0 Å². The van der Waals surface area contributed by atoms with Gasteiger partial charge in [0.05, 0.1) is 5.69 Å². The van der Waals surface area contributed by atoms with Crippen molar-refractivity contribution in [1.82, 2.24) is 4.98 Å². The number of hydrogen-bond acceptors (Lipinski definition) is 3. The quantitative estimate of drug-likeness (QED) is 0.638. The first-order valence-corrected chi connectivity index (χ1v) is 3.88. The summed E-state index contributed by atoms with van der Waals surface area (Å²) in [5.41, 5.74) is 0.292. The maximum Gasteiger partial charge on any atom is 0.435 e. The highest BCUT2D eigenvalue weighted by atomic mass is 19.4. The van der Waals surface area contributed by atoms with E-state index in [0.717, 1.165) is 0 Å². The van der Waals surface area contributed by atoms with E-state index in [0.29, 0.717) is 6.07 Å². The van der Waals surface area contributed by atoms with Crippen molar-refractivity contribution in [3.8, 4) is 0 Å². The van der Waals surface area contributed by atoms with Crippen LogP contribution >= 0.6 is 0 Å². The number of nitrogen functional groups attached to an aromatic ring is 1. The van der Waals surface area contributed by atoms with E-state index in [1.165, 1.54) is 0 Å². The SMILES string of the molecule is Nc1c(C(F)F)cc(C=O)nc1C(F)(F)F. The Labute approximate surface area is 86.1 Å². The van der Waals surface area contributed by atoms with Crippen LogP contribution in [0.15, 0.2) is 6.07 Å². The molecule has 0 aliphatic rings. The van der Waals surface area contributed by atoms with Gasteiger partial charge in [-0.05, 0) is 6.07 Å². The molecule has 0 unspecified atom stereocenters. The molecule has 0 bridgehead atoms. The number of alkyl halides is 5. The molecule has 0 aliphatic heterocycles. The summed E-state index contributed by atoms with van der Waals surface area (Å²) in [5.74, 6) is 0. The van der Waals surface area contributed by atoms with Gasteiger partial charge in [-0.2, -0.15) is 13.2 Å². The van der Waals surface area contributed by atoms with Crippen LogP contribution in [0.1, 0.15) is 28.2 Å². The number of hydrogen-bond donors (Lipinski definition) is 1. The van der Waals surface area contributed by atoms with Crippen LogP contribution in [-0.4, -0.2) is 11.3 Å². The van der Waals surface area contributed by atoms with Gasteiger partial charge in [0.15, 0.2) is 12.0 Å². The molecule has 3 nitrogen and oxygen atoms in total. The van der Waals surface area contributed by atoms with Crippen LogP contribution in [0.25, 0.3) is 0 Å². The van der Waals surface area contributed by atoms with Crippen LogP contribution in [0.2, 0.25) is 0 Å². The molecule has 0 spiro atoms. The molecule has 1 aromatic rings. The predicted octanol–water partition coefficient (Wildman–Crippen LogP) is 2.43. The molecule has 0 saturated carbocycles. The van der Waals surface area contributed by atoms with Crippen LogP contribution in [-0.2, 0) is 6.18 Å². The van der Waals surface area contributed by atoms with Crippen LogP contribution in [0.3, 0.4) is 0 Å². The number of nitrogens with zero attached hydrogens (tertiary/aromatic N) is 1. The molecular formula is C8H5F5N2O. The standard InChI is InChI=1S/C8H5F5N2O/c9-7(10)4-1-3(2-16)15-6(5(4)14)8(11,12)13/h1-2,7H,14H2. The Balaban J connectivity index is 3.49. The average molecular weight is 240 g/mol. The lowest BCUT2D eigenvalue weighted by atomic mass is 10.1. The average Bonchev–Trinajstić information content (AvgIpc) is 2.15. The lowest BCUT2D eigenvalue weighted by molar-refractivity contribution is -0.140. The van der Waals surface area contributed by atoms with E-state index in [1.54, 1.807) is 0 Å². The smallest absolute Gasteiger partial charge is 0.397 e. The van der Waals surface area contributed by atoms with E-state index in [-0.39, 0.29) is 6.29 Å². The number of carbonyl (C=O) groups excluding carboxylic acids is 1. The molecular weight excluding hydrogens is 235 g/mol. The zero-order chi connectivity index (χ0) is 12.5. The van der Waals surface area contributed by atoms with E-state index in [4.69, 9.17) is 5.73 Å². The van der Waals surface area contributed by atoms with Crippen molar-refractivity contribution in [2.45, 2.75) is 12.6 Å². The number of anilines is 1. The molecule has 0 atom stereocenters. The van der Waals surface area contributed by atoms with Gasteiger partial charge in [0.1, 0.15) is 5.69 Å². The van der Waals surface area contributed by atoms with Crippen molar-refractivity contribution in [1.29, 1.82) is 0 Å². The monoisotopic (exact) mass is 240 g/mol. The van der Waals surface area contributed by atoms with E-state index in [2.05, 4.69) is 4.98 Å². The van der Waals surface area contributed by atoms with Gasteiger partial charge in [-0.25, -0.2) is 13.8 Å². The molecule has 1 aromatic heterocycles. The van der Waals surface area contributed by atoms with Crippen LogP contribution in [0, 0.1) is 0 Å². The van der Waals surface area contributed by atoms with Crippen molar-refractivity contribution in [3.05, 3.63) is 23.0 Å². The largest absolute Gasteiger partial charge is 0.435 e. The lowest BCUT2D eigenvalue weighted by Gasteiger charge is -2.12. The van der Waals surface area contributed by atoms with E-state index in [1.807, 2.05) is 0 Å². The van der Waals surface area contributed by atoms with Gasteiger partial charge in [-0.3, -0.25) is 4.79 Å². The van der Waals surface area contributed by atoms with Gasteiger partial charge >= 0.3 is 6.18 Å². The first-order chi connectivity index (χ1) is 7.27. The molecule has 0 saturated heterocycles. The molecule has 1 heterocycles. The van der Waals surface area contributed by atoms with Gasteiger partial charge in [0.2, 0.25) is 0 Å². The minimum absolute atomic E-state index is 0.0550. The minimum Gasteiger partial charge on any atom is -0.397 e. The van der Waals surface area contributed by atoms with Crippen molar-refractivity contribution in [2.24, 2.45) is 0 Å². The van der Waals surface area contributed by atoms with Crippen LogP contribution < -0.4 is 5.73 Å². The highest BCUT2D eigenvalue weighted by Gasteiger charge is 2.37. The van der Waals surface area contributed by atoms with Crippen molar-refractivity contribution in [2.75, 3.05) is 5.73 Å². The zero-order valence-electron chi connectivity index (χ0n) is 7.55. The van der Waals surface area contributed by atoms with Crippen LogP contribution in [0.5, 0.6) is 0 Å². The van der Waals surface area contributed by atoms with Gasteiger partial charge in [-0.1, -0.05) is 0 Å². The third-order valence-electron chi connectivity index (χ3n) is 1.73. The number of nitrogens with two attached hydrogens (primary N) is 1. The molecule has 0 amide bonds. The van der Waals surface area contributed by atoms with Crippen molar-refractivity contribution < 1.29 is 26.7 Å². The normalized spacial score (nSPS) is 11.9. The molecule has 16 heavy (non-hydrogen) atoms. The summed E-state index contributed by atoms with van der Waals surface area (Å²) < 4.78 is 61.6. The summed E-state index contributed by atoms with van der Waals surface area (Å²) >= 11 is 0. The summed E-state index contributed by atoms with van der Waals surface area (Å²) in [5, 5.41) is 0. The maximum atomic E-state index is 12.3. The number of carbonyl (C=O) groups is 1. The Kier molecular flexibility index (Phi) is 3.11. The van der Waals surface area contributed by atoms with Gasteiger partial charge in [0, 0.05) is 5.56 Å². The first kappa shape index (κ1) is 12.3. The summed E-state index contributed by atoms with van der Waals surface area (Å²) in [6, 6.07) is 0.530. The second-order valence-electron chi connectivity index (χ2n) is 2.81. The highest BCUT2D eigenvalue weighted by Crippen LogP contribution is 2.36. The number of aromatic nitrogens is 1. The molecule has 1 rings (SSSR count). The fourth-order valence-corrected chi connectivity index (χ4v) is 1.05. The molecule has 0 aliphatic carbocycles. The molecule has 0 aromatic carbocycles. The second-order valence-corrected chi connectivity index (χ2v) is 2.81. The topological polar surface area (TPSA) is 56.0 Å². The summed E-state index contributed by atoms with van der Waals surface area (Å²) in [7, 11) is 0. The summed E-state index contributed by atoms with van der Waals surface area (Å²) in [4.78, 5) is 13.1. The summed E-state index contributed by atoms with van der Waals surface area (Å²) in [6.07, 6.45) is -8.24. The minimum atomic E-state index is -4.98. The number of rotatable bonds is 2. The Bertz CT molecular complexity index is 416. The van der Waals surface area contributed by atoms with Crippen molar-refractivity contribution >= 4 is 12.0 Å². The first-order valence-electron chi connectivity index (χ1n) is 3.88.